The van der Waals surface area contributed by atoms with Crippen LogP contribution in [0, 0.1) is 27.7 Å². The van der Waals surface area contributed by atoms with Gasteiger partial charge in [-0.25, -0.2) is 14.5 Å². The van der Waals surface area contributed by atoms with Crippen LogP contribution in [0.3, 0.4) is 0 Å². The van der Waals surface area contributed by atoms with Gasteiger partial charge >= 0.3 is 5.97 Å². The molecule has 0 saturated carbocycles. The number of hydrogen-bond donors (Lipinski definition) is 0. The molecule has 8 nitrogen and oxygen atoms in total. The average Bonchev–Trinajstić information content (AvgIpc) is 3.21. The van der Waals surface area contributed by atoms with Gasteiger partial charge in [-0.1, -0.05) is 25.5 Å². The van der Waals surface area contributed by atoms with Crippen LogP contribution in [0.2, 0.25) is 0 Å². The normalized spacial score (nSPS) is 12.1. The highest BCUT2D eigenvalue weighted by atomic mass is 16.6. The molecule has 0 amide bonds. The summed E-state index contributed by atoms with van der Waals surface area (Å²) in [6.07, 6.45) is 2.12. The van der Waals surface area contributed by atoms with Crippen LogP contribution in [0.5, 0.6) is 5.75 Å². The number of aromatic nitrogens is 4. The lowest BCUT2D eigenvalue weighted by molar-refractivity contribution is -0.151. The van der Waals surface area contributed by atoms with Gasteiger partial charge in [-0.05, 0) is 76.4 Å². The number of fused-ring (bicyclic) bond motifs is 1. The molecule has 4 aromatic rings. The first-order chi connectivity index (χ1) is 17.2. The van der Waals surface area contributed by atoms with E-state index < -0.39 is 12.1 Å². The highest BCUT2D eigenvalue weighted by Crippen LogP contribution is 2.26. The van der Waals surface area contributed by atoms with Gasteiger partial charge in [-0.3, -0.25) is 9.20 Å². The van der Waals surface area contributed by atoms with Gasteiger partial charge in [-0.15, -0.1) is 0 Å². The van der Waals surface area contributed by atoms with Crippen molar-refractivity contribution in [2.24, 2.45) is 0 Å². The van der Waals surface area contributed by atoms with Crippen molar-refractivity contribution in [1.82, 2.24) is 19.2 Å². The predicted octanol–water partition coefficient (Wildman–Crippen LogP) is 4.89. The molecule has 1 aromatic carbocycles. The van der Waals surface area contributed by atoms with Crippen molar-refractivity contribution in [3.63, 3.8) is 0 Å². The van der Waals surface area contributed by atoms with E-state index in [-0.39, 0.29) is 12.2 Å². The van der Waals surface area contributed by atoms with E-state index in [1.807, 2.05) is 38.4 Å². The third-order valence-electron chi connectivity index (χ3n) is 6.11. The summed E-state index contributed by atoms with van der Waals surface area (Å²) in [5.41, 5.74) is 5.72. The maximum absolute atomic E-state index is 13.7. The van der Waals surface area contributed by atoms with E-state index in [0.29, 0.717) is 34.8 Å². The average molecular weight is 489 g/mol. The molecule has 0 aliphatic rings. The summed E-state index contributed by atoms with van der Waals surface area (Å²) >= 11 is 0. The maximum atomic E-state index is 13.7. The third-order valence-corrected chi connectivity index (χ3v) is 6.11. The summed E-state index contributed by atoms with van der Waals surface area (Å²) in [6, 6.07) is 11.5. The number of carbonyl (C=O) groups excluding carboxylic acids is 1. The molecule has 0 spiro atoms. The zero-order valence-corrected chi connectivity index (χ0v) is 21.7. The minimum atomic E-state index is -0.769. The molecule has 1 atom stereocenters. The van der Waals surface area contributed by atoms with Crippen LogP contribution in [0.4, 0.5) is 0 Å². The quantitative estimate of drug-likeness (QED) is 0.328. The van der Waals surface area contributed by atoms with Crippen LogP contribution < -0.4 is 10.3 Å². The van der Waals surface area contributed by atoms with Crippen molar-refractivity contribution >= 4 is 11.6 Å². The Morgan fingerprint density at radius 2 is 1.86 bits per heavy atom. The number of ether oxygens (including phenoxy) is 2. The summed E-state index contributed by atoms with van der Waals surface area (Å²) in [5.74, 6) is -0.0719. The Hall–Kier alpha value is -3.94. The molecule has 3 aromatic heterocycles. The fourth-order valence-electron chi connectivity index (χ4n) is 4.29. The van der Waals surface area contributed by atoms with E-state index >= 15 is 0 Å². The Morgan fingerprint density at radius 1 is 1.08 bits per heavy atom. The second kappa shape index (κ2) is 10.4. The lowest BCUT2D eigenvalue weighted by Gasteiger charge is -2.18. The summed E-state index contributed by atoms with van der Waals surface area (Å²) in [5, 5.41) is 4.79. The second-order valence-electron chi connectivity index (χ2n) is 8.96. The minimum absolute atomic E-state index is 0.253. The van der Waals surface area contributed by atoms with Crippen LogP contribution in [0.15, 0.2) is 47.4 Å². The highest BCUT2D eigenvalue weighted by molar-refractivity contribution is 5.75. The molecule has 4 rings (SSSR count). The van der Waals surface area contributed by atoms with Gasteiger partial charge in [0, 0.05) is 11.9 Å². The first-order valence-corrected chi connectivity index (χ1v) is 12.2. The largest absolute Gasteiger partial charge is 0.475 e. The van der Waals surface area contributed by atoms with Gasteiger partial charge in [0.05, 0.1) is 23.6 Å². The van der Waals surface area contributed by atoms with E-state index in [2.05, 4.69) is 18.2 Å². The molecule has 0 N–H and O–H groups in total. The molecule has 36 heavy (non-hydrogen) atoms. The monoisotopic (exact) mass is 488 g/mol. The summed E-state index contributed by atoms with van der Waals surface area (Å²) in [7, 11) is 0. The summed E-state index contributed by atoms with van der Waals surface area (Å²) in [6.45, 7) is 11.8. The number of pyridine rings is 1. The molecule has 0 unspecified atom stereocenters. The molecule has 0 saturated heterocycles. The van der Waals surface area contributed by atoms with Gasteiger partial charge in [-0.2, -0.15) is 5.10 Å². The second-order valence-corrected chi connectivity index (χ2v) is 8.96. The SMILES string of the molecule is CCC[C@H](Oc1cccn2c(=O)c(-c3cc(C)n(-c4cc(C)ccc4C)n3)c(C)nc12)C(=O)OCC. The Kier molecular flexibility index (Phi) is 7.24. The van der Waals surface area contributed by atoms with E-state index in [9.17, 15) is 9.59 Å². The lowest BCUT2D eigenvalue weighted by Crippen LogP contribution is -2.30. The molecule has 0 radical (unpaired) electrons. The van der Waals surface area contributed by atoms with E-state index in [1.165, 1.54) is 4.40 Å². The molecule has 0 aliphatic carbocycles. The molecular formula is C28H32N4O4. The van der Waals surface area contributed by atoms with Crippen molar-refractivity contribution < 1.29 is 14.3 Å². The maximum Gasteiger partial charge on any atom is 0.347 e. The third kappa shape index (κ3) is 4.76. The van der Waals surface area contributed by atoms with Gasteiger partial charge in [0.15, 0.2) is 17.5 Å². The standard InChI is InChI=1S/C28H32N4O4/c1-7-10-24(28(34)35-8-2)36-23-11-9-14-31-26(23)29-20(6)25(27(31)33)21-16-19(5)32(30-21)22-15-17(3)12-13-18(22)4/h9,11-16,24H,7-8,10H2,1-6H3/t24-/m0/s1. The zero-order valence-electron chi connectivity index (χ0n) is 21.7. The first-order valence-electron chi connectivity index (χ1n) is 12.2. The molecule has 8 heteroatoms. The Morgan fingerprint density at radius 3 is 2.58 bits per heavy atom. The molecular weight excluding hydrogens is 456 g/mol. The molecule has 0 bridgehead atoms. The van der Waals surface area contributed by atoms with Gasteiger partial charge < -0.3 is 9.47 Å². The Balaban J connectivity index is 1.80. The van der Waals surface area contributed by atoms with Crippen molar-refractivity contribution in [2.45, 2.75) is 60.5 Å². The summed E-state index contributed by atoms with van der Waals surface area (Å²) in [4.78, 5) is 30.8. The first kappa shape index (κ1) is 25.2. The fourth-order valence-corrected chi connectivity index (χ4v) is 4.29. The number of esters is 1. The minimum Gasteiger partial charge on any atom is -0.475 e. The molecule has 188 valence electrons. The van der Waals surface area contributed by atoms with E-state index in [0.717, 1.165) is 28.9 Å². The number of hydrogen-bond acceptors (Lipinski definition) is 6. The van der Waals surface area contributed by atoms with E-state index in [4.69, 9.17) is 19.6 Å². The van der Waals surface area contributed by atoms with Crippen LogP contribution >= 0.6 is 0 Å². The van der Waals surface area contributed by atoms with Crippen LogP contribution in [0.25, 0.3) is 22.6 Å². The number of nitrogens with zero attached hydrogens (tertiary/aromatic N) is 4. The van der Waals surface area contributed by atoms with Crippen molar-refractivity contribution in [1.29, 1.82) is 0 Å². The fraction of sp³-hybridized carbons (Fsp3) is 0.357. The van der Waals surface area contributed by atoms with Crippen LogP contribution in [0.1, 0.15) is 49.2 Å². The molecule has 3 heterocycles. The smallest absolute Gasteiger partial charge is 0.347 e. The predicted molar refractivity (Wildman–Crippen MR) is 139 cm³/mol. The highest BCUT2D eigenvalue weighted by Gasteiger charge is 2.24. The Bertz CT molecular complexity index is 1490. The Labute approximate surface area is 210 Å². The summed E-state index contributed by atoms with van der Waals surface area (Å²) < 4.78 is 14.5. The topological polar surface area (TPSA) is 87.7 Å². The lowest BCUT2D eigenvalue weighted by atomic mass is 10.1. The van der Waals surface area contributed by atoms with Gasteiger partial charge in [0.25, 0.3) is 5.56 Å². The number of rotatable bonds is 8. The number of benzene rings is 1. The van der Waals surface area contributed by atoms with Crippen molar-refractivity contribution in [2.75, 3.05) is 6.61 Å². The number of aryl methyl sites for hydroxylation is 4. The number of carbonyl (C=O) groups is 1. The van der Waals surface area contributed by atoms with Crippen LogP contribution in [-0.2, 0) is 9.53 Å². The molecule has 0 aliphatic heterocycles. The van der Waals surface area contributed by atoms with Crippen molar-refractivity contribution in [3.05, 3.63) is 75.5 Å². The molecule has 0 fully saturated rings. The van der Waals surface area contributed by atoms with Crippen LogP contribution in [-0.4, -0.2) is 37.8 Å². The van der Waals surface area contributed by atoms with Gasteiger partial charge in [0.1, 0.15) is 5.69 Å². The zero-order chi connectivity index (χ0) is 26.0. The van der Waals surface area contributed by atoms with Gasteiger partial charge in [0.2, 0.25) is 0 Å². The van der Waals surface area contributed by atoms with E-state index in [1.54, 1.807) is 32.2 Å². The van der Waals surface area contributed by atoms with Crippen molar-refractivity contribution in [3.8, 4) is 22.7 Å².